The van der Waals surface area contributed by atoms with Crippen molar-refractivity contribution < 1.29 is 9.53 Å². The van der Waals surface area contributed by atoms with E-state index in [4.69, 9.17) is 51.8 Å². The van der Waals surface area contributed by atoms with Crippen molar-refractivity contribution in [3.8, 4) is 5.75 Å². The molecule has 1 atom stereocenters. The molecule has 10 heteroatoms. The van der Waals surface area contributed by atoms with Gasteiger partial charge < -0.3 is 25.6 Å². The van der Waals surface area contributed by atoms with Gasteiger partial charge in [-0.25, -0.2) is 4.79 Å². The van der Waals surface area contributed by atoms with Crippen molar-refractivity contribution in [3.05, 3.63) is 24.3 Å². The molecular weight excluding hydrogens is 383 g/mol. The van der Waals surface area contributed by atoms with Crippen LogP contribution in [0.4, 0.5) is 10.5 Å². The second-order valence-corrected chi connectivity index (χ2v) is 7.42. The van der Waals surface area contributed by atoms with Crippen LogP contribution in [-0.2, 0) is 0 Å². The number of carbonyl (C=O) groups excluding carboxylic acids is 1. The first-order chi connectivity index (χ1) is 10.6. The molecule has 0 fully saturated rings. The Morgan fingerprint density at radius 3 is 2.22 bits per heavy atom. The number of ether oxygens (including phenoxy) is 1. The molecule has 128 valence electrons. The number of methoxy groups -OCH3 is 1. The van der Waals surface area contributed by atoms with E-state index >= 15 is 0 Å². The van der Waals surface area contributed by atoms with Crippen LogP contribution in [0.2, 0.25) is 0 Å². The summed E-state index contributed by atoms with van der Waals surface area (Å²) in [5.41, 5.74) is 0.713. The van der Waals surface area contributed by atoms with Gasteiger partial charge in [0.05, 0.1) is 7.11 Å². The molecule has 0 heterocycles. The average molecular weight is 400 g/mol. The van der Waals surface area contributed by atoms with E-state index in [1.54, 1.807) is 45.5 Å². The van der Waals surface area contributed by atoms with E-state index in [2.05, 4.69) is 16.0 Å². The second-order valence-electron chi connectivity index (χ2n) is 4.65. The number of alkyl halides is 3. The fourth-order valence-corrected chi connectivity index (χ4v) is 1.99. The van der Waals surface area contributed by atoms with Crippen LogP contribution in [0.5, 0.6) is 5.75 Å². The minimum Gasteiger partial charge on any atom is -0.497 e. The molecule has 0 aliphatic heterocycles. The predicted molar refractivity (Wildman–Crippen MR) is 98.6 cm³/mol. The van der Waals surface area contributed by atoms with Crippen LogP contribution in [0, 0.1) is 0 Å². The van der Waals surface area contributed by atoms with E-state index in [1.807, 2.05) is 0 Å². The van der Waals surface area contributed by atoms with Crippen LogP contribution >= 0.6 is 47.0 Å². The maximum Gasteiger partial charge on any atom is 0.318 e. The Hall–Kier alpha value is -1.15. The molecule has 6 nitrogen and oxygen atoms in total. The number of benzene rings is 1. The lowest BCUT2D eigenvalue weighted by molar-refractivity contribution is 0.212. The number of anilines is 1. The van der Waals surface area contributed by atoms with Gasteiger partial charge in [-0.2, -0.15) is 0 Å². The molecule has 23 heavy (non-hydrogen) atoms. The molecule has 0 aromatic heterocycles. The van der Waals surface area contributed by atoms with E-state index in [-0.39, 0.29) is 5.11 Å². The quantitative estimate of drug-likeness (QED) is 0.413. The summed E-state index contributed by atoms with van der Waals surface area (Å²) in [6.45, 7) is 0. The maximum atomic E-state index is 11.7. The van der Waals surface area contributed by atoms with Gasteiger partial charge in [0.15, 0.2) is 11.3 Å². The van der Waals surface area contributed by atoms with Crippen molar-refractivity contribution in [2.45, 2.75) is 9.96 Å². The molecule has 3 N–H and O–H groups in total. The lowest BCUT2D eigenvalue weighted by Crippen LogP contribution is -2.57. The summed E-state index contributed by atoms with van der Waals surface area (Å²) in [6.07, 6.45) is -1.01. The highest BCUT2D eigenvalue weighted by Crippen LogP contribution is 2.29. The van der Waals surface area contributed by atoms with Crippen LogP contribution in [0.1, 0.15) is 0 Å². The molecule has 0 saturated carbocycles. The number of nitrogens with one attached hydrogen (secondary N) is 3. The van der Waals surface area contributed by atoms with Gasteiger partial charge in [0.2, 0.25) is 3.79 Å². The van der Waals surface area contributed by atoms with Gasteiger partial charge in [-0.15, -0.1) is 0 Å². The normalized spacial score (nSPS) is 12.1. The third kappa shape index (κ3) is 6.87. The van der Waals surface area contributed by atoms with E-state index < -0.39 is 16.0 Å². The van der Waals surface area contributed by atoms with Gasteiger partial charge in [0.1, 0.15) is 5.75 Å². The van der Waals surface area contributed by atoms with Crippen molar-refractivity contribution in [1.82, 2.24) is 15.5 Å². The Balaban J connectivity index is 2.70. The topological polar surface area (TPSA) is 65.6 Å². The summed E-state index contributed by atoms with van der Waals surface area (Å²) in [5, 5.41) is 8.39. The molecule has 2 amide bonds. The van der Waals surface area contributed by atoms with Gasteiger partial charge in [0.25, 0.3) is 0 Å². The Labute approximate surface area is 155 Å². The molecule has 1 aromatic carbocycles. The van der Waals surface area contributed by atoms with Crippen molar-refractivity contribution in [2.75, 3.05) is 26.5 Å². The van der Waals surface area contributed by atoms with Crippen molar-refractivity contribution in [1.29, 1.82) is 0 Å². The molecule has 0 saturated heterocycles. The number of rotatable bonds is 4. The third-order valence-corrected chi connectivity index (χ3v) is 3.50. The number of nitrogens with zero attached hydrogens (tertiary/aromatic N) is 1. The van der Waals surface area contributed by atoms with E-state index in [0.29, 0.717) is 11.4 Å². The van der Waals surface area contributed by atoms with E-state index in [9.17, 15) is 4.79 Å². The van der Waals surface area contributed by atoms with Gasteiger partial charge >= 0.3 is 6.03 Å². The summed E-state index contributed by atoms with van der Waals surface area (Å²) < 4.78 is 3.27. The Kier molecular flexibility index (Phi) is 7.47. The fraction of sp³-hybridized carbons (Fsp3) is 0.385. The highest BCUT2D eigenvalue weighted by molar-refractivity contribution is 7.80. The lowest BCUT2D eigenvalue weighted by Gasteiger charge is -2.28. The summed E-state index contributed by atoms with van der Waals surface area (Å²) in [4.78, 5) is 13.0. The first kappa shape index (κ1) is 19.9. The zero-order valence-electron chi connectivity index (χ0n) is 12.7. The van der Waals surface area contributed by atoms with E-state index in [0.717, 1.165) is 0 Å². The third-order valence-electron chi connectivity index (χ3n) is 2.62. The Bertz CT molecular complexity index is 549. The second kappa shape index (κ2) is 8.63. The first-order valence-electron chi connectivity index (χ1n) is 6.39. The Morgan fingerprint density at radius 2 is 1.78 bits per heavy atom. The number of hydrogen-bond acceptors (Lipinski definition) is 3. The number of amides is 2. The van der Waals surface area contributed by atoms with Gasteiger partial charge in [-0.1, -0.05) is 34.8 Å². The first-order valence-corrected chi connectivity index (χ1v) is 7.94. The molecular formula is C13H17Cl3N4O2S. The number of urea groups is 1. The van der Waals surface area contributed by atoms with Crippen LogP contribution in [0.15, 0.2) is 24.3 Å². The maximum absolute atomic E-state index is 11.7. The highest BCUT2D eigenvalue weighted by Gasteiger charge is 2.35. The molecule has 0 bridgehead atoms. The summed E-state index contributed by atoms with van der Waals surface area (Å²) >= 11 is 22.8. The average Bonchev–Trinajstić information content (AvgIpc) is 2.46. The lowest BCUT2D eigenvalue weighted by atomic mass is 10.3. The number of hydrogen-bond donors (Lipinski definition) is 3. The Morgan fingerprint density at radius 1 is 1.22 bits per heavy atom. The van der Waals surface area contributed by atoms with Gasteiger partial charge in [-0.05, 0) is 36.5 Å². The number of carbonyl (C=O) groups is 1. The SMILES string of the molecule is COc1ccc(NC(=S)NC(NC(=O)N(C)C)C(Cl)(Cl)Cl)cc1. The minimum atomic E-state index is -1.79. The summed E-state index contributed by atoms with van der Waals surface area (Å²) in [6, 6.07) is 6.66. The zero-order valence-corrected chi connectivity index (χ0v) is 15.8. The zero-order chi connectivity index (χ0) is 17.6. The largest absolute Gasteiger partial charge is 0.497 e. The van der Waals surface area contributed by atoms with Crippen LogP contribution in [-0.4, -0.2) is 47.2 Å². The van der Waals surface area contributed by atoms with Crippen molar-refractivity contribution in [3.63, 3.8) is 0 Å². The van der Waals surface area contributed by atoms with E-state index in [1.165, 1.54) is 4.90 Å². The standard InChI is InChI=1S/C13H17Cl3N4O2S/c1-20(2)12(21)19-10(13(14,15)16)18-11(23)17-8-4-6-9(22-3)7-5-8/h4-7,10H,1-3H3,(H,19,21)(H2,17,18,23). The van der Waals surface area contributed by atoms with Crippen LogP contribution in [0.3, 0.4) is 0 Å². The molecule has 0 radical (unpaired) electrons. The minimum absolute atomic E-state index is 0.186. The van der Waals surface area contributed by atoms with Crippen molar-refractivity contribution >= 4 is 63.9 Å². The van der Waals surface area contributed by atoms with Gasteiger partial charge in [0, 0.05) is 19.8 Å². The smallest absolute Gasteiger partial charge is 0.318 e. The summed E-state index contributed by atoms with van der Waals surface area (Å²) in [5.74, 6) is 0.715. The van der Waals surface area contributed by atoms with Crippen molar-refractivity contribution in [2.24, 2.45) is 0 Å². The summed E-state index contributed by atoms with van der Waals surface area (Å²) in [7, 11) is 4.71. The highest BCUT2D eigenvalue weighted by atomic mass is 35.6. The molecule has 0 aliphatic carbocycles. The van der Waals surface area contributed by atoms with Crippen LogP contribution in [0.25, 0.3) is 0 Å². The number of thiocarbonyl (C=S) groups is 1. The molecule has 0 spiro atoms. The molecule has 1 rings (SSSR count). The fourth-order valence-electron chi connectivity index (χ4n) is 1.42. The molecule has 0 aliphatic rings. The molecule has 1 unspecified atom stereocenters. The number of halogens is 3. The van der Waals surface area contributed by atoms with Crippen LogP contribution < -0.4 is 20.7 Å². The predicted octanol–water partition coefficient (Wildman–Crippen LogP) is 2.95. The monoisotopic (exact) mass is 398 g/mol. The molecule has 1 aromatic rings. The van der Waals surface area contributed by atoms with Gasteiger partial charge in [-0.3, -0.25) is 0 Å².